The summed E-state index contributed by atoms with van der Waals surface area (Å²) in [6.45, 7) is 0. The van der Waals surface area contributed by atoms with Crippen LogP contribution in [-0.4, -0.2) is 50.7 Å². The van der Waals surface area contributed by atoms with Crippen molar-refractivity contribution in [3.63, 3.8) is 0 Å². The molecule has 11 nitrogen and oxygen atoms in total. The van der Waals surface area contributed by atoms with Gasteiger partial charge < -0.3 is 4.74 Å². The third-order valence-electron chi connectivity index (χ3n) is 8.34. The fourth-order valence-corrected chi connectivity index (χ4v) is 6.70. The van der Waals surface area contributed by atoms with Crippen molar-refractivity contribution in [3.8, 4) is 0 Å². The van der Waals surface area contributed by atoms with Crippen molar-refractivity contribution in [1.82, 2.24) is 9.97 Å². The Labute approximate surface area is 226 Å². The zero-order chi connectivity index (χ0) is 27.1. The first-order valence-corrected chi connectivity index (χ1v) is 12.9. The molecule has 0 aliphatic carbocycles. The standard InChI is InChI=1S/C29H20N6O5/c36-28-21-22(29(37)33(28)15-10-12-17(13-11-15)35(38)39)27-25-23(26(21)40-27)24(32-34(25)16-6-2-1-3-7-16)20-14-30-18-8-4-5-9-19(18)31-20/h1-14,21-23,25-27H/t21-,22+,23+,25-,26-,27+/m1/s1. The number of hydrogen-bond donors (Lipinski definition) is 0. The number of nitrogens with zero attached hydrogens (tertiary/aromatic N) is 6. The molecular formula is C29H20N6O5. The van der Waals surface area contributed by atoms with E-state index in [1.54, 1.807) is 6.20 Å². The number of fused-ring (bicyclic) bond motifs is 9. The smallest absolute Gasteiger partial charge is 0.269 e. The minimum absolute atomic E-state index is 0.114. The van der Waals surface area contributed by atoms with E-state index in [0.29, 0.717) is 17.1 Å². The van der Waals surface area contributed by atoms with Crippen molar-refractivity contribution < 1.29 is 19.2 Å². The maximum Gasteiger partial charge on any atom is 0.269 e. The van der Waals surface area contributed by atoms with E-state index in [4.69, 9.17) is 14.8 Å². The summed E-state index contributed by atoms with van der Waals surface area (Å²) in [4.78, 5) is 48.7. The fraction of sp³-hybridized carbons (Fsp3) is 0.207. The summed E-state index contributed by atoms with van der Waals surface area (Å²) in [5.41, 5.74) is 3.82. The van der Waals surface area contributed by atoms with E-state index < -0.39 is 29.0 Å². The second kappa shape index (κ2) is 8.23. The second-order valence-corrected chi connectivity index (χ2v) is 10.3. The molecule has 4 aliphatic rings. The maximum absolute atomic E-state index is 13.8. The SMILES string of the molecule is O=C1[C@@H]2[C@@H]3O[C@@H]([C@H]4C(c5cnc6ccccc6n5)=NN(c5ccccc5)[C@@H]34)[C@@H]2C(=O)N1c1ccc([N+](=O)[O-])cc1. The third-order valence-corrected chi connectivity index (χ3v) is 8.34. The fourth-order valence-electron chi connectivity index (χ4n) is 6.70. The number of imide groups is 1. The van der Waals surface area contributed by atoms with Gasteiger partial charge in [0.2, 0.25) is 11.8 Å². The molecule has 8 rings (SSSR count). The number of amides is 2. The predicted molar refractivity (Wildman–Crippen MR) is 144 cm³/mol. The Morgan fingerprint density at radius 2 is 1.45 bits per heavy atom. The summed E-state index contributed by atoms with van der Waals surface area (Å²) in [5, 5.41) is 18.0. The van der Waals surface area contributed by atoms with Crippen LogP contribution in [-0.2, 0) is 14.3 Å². The lowest BCUT2D eigenvalue weighted by atomic mass is 9.70. The molecule has 0 unspecified atom stereocenters. The van der Waals surface area contributed by atoms with Gasteiger partial charge in [-0.1, -0.05) is 30.3 Å². The molecule has 5 heterocycles. The molecule has 0 spiro atoms. The number of aromatic nitrogens is 2. The molecule has 196 valence electrons. The highest BCUT2D eigenvalue weighted by Gasteiger charge is 2.72. The molecule has 6 atom stereocenters. The number of carbonyl (C=O) groups excluding carboxylic acids is 2. The molecule has 2 amide bonds. The van der Waals surface area contributed by atoms with Crippen molar-refractivity contribution in [2.45, 2.75) is 18.2 Å². The molecule has 3 fully saturated rings. The average Bonchev–Trinajstić information content (AvgIpc) is 3.72. The highest BCUT2D eigenvalue weighted by molar-refractivity contribution is 6.23. The largest absolute Gasteiger partial charge is 0.370 e. The summed E-state index contributed by atoms with van der Waals surface area (Å²) in [7, 11) is 0. The first-order chi connectivity index (χ1) is 19.5. The number of non-ortho nitro benzene ring substituents is 1. The van der Waals surface area contributed by atoms with E-state index in [0.717, 1.165) is 21.6 Å². The molecule has 3 aromatic carbocycles. The number of hydrogen-bond acceptors (Lipinski definition) is 9. The number of para-hydroxylation sites is 3. The Morgan fingerprint density at radius 1 is 0.775 bits per heavy atom. The van der Waals surface area contributed by atoms with E-state index in [9.17, 15) is 19.7 Å². The van der Waals surface area contributed by atoms with Crippen molar-refractivity contribution in [3.05, 3.63) is 101 Å². The Kier molecular flexibility index (Phi) is 4.72. The number of rotatable bonds is 4. The monoisotopic (exact) mass is 532 g/mol. The number of nitro benzene ring substituents is 1. The summed E-state index contributed by atoms with van der Waals surface area (Å²) >= 11 is 0. The molecule has 4 aliphatic heterocycles. The lowest BCUT2D eigenvalue weighted by Gasteiger charge is -2.32. The molecule has 0 saturated carbocycles. The number of benzene rings is 3. The molecule has 2 bridgehead atoms. The number of hydrazone groups is 1. The highest BCUT2D eigenvalue weighted by Crippen LogP contribution is 2.56. The van der Waals surface area contributed by atoms with Gasteiger partial charge in [-0.05, 0) is 36.4 Å². The zero-order valence-electron chi connectivity index (χ0n) is 20.8. The van der Waals surface area contributed by atoms with E-state index in [1.165, 1.54) is 24.3 Å². The van der Waals surface area contributed by atoms with Gasteiger partial charge in [-0.2, -0.15) is 5.10 Å². The van der Waals surface area contributed by atoms with Crippen LogP contribution in [0.5, 0.6) is 0 Å². The summed E-state index contributed by atoms with van der Waals surface area (Å²) in [5.74, 6) is -2.41. The van der Waals surface area contributed by atoms with Crippen molar-refractivity contribution in [2.75, 3.05) is 9.91 Å². The number of carbonyl (C=O) groups is 2. The van der Waals surface area contributed by atoms with Crippen LogP contribution >= 0.6 is 0 Å². The van der Waals surface area contributed by atoms with Gasteiger partial charge in [0.15, 0.2) is 0 Å². The predicted octanol–water partition coefficient (Wildman–Crippen LogP) is 3.33. The molecule has 4 aromatic rings. The molecule has 1 aromatic heterocycles. The van der Waals surface area contributed by atoms with Crippen LogP contribution in [0.2, 0.25) is 0 Å². The summed E-state index contributed by atoms with van der Waals surface area (Å²) < 4.78 is 6.44. The maximum atomic E-state index is 13.8. The lowest BCUT2D eigenvalue weighted by Crippen LogP contribution is -2.50. The minimum Gasteiger partial charge on any atom is -0.370 e. The van der Waals surface area contributed by atoms with Gasteiger partial charge in [0.25, 0.3) is 5.69 Å². The molecular weight excluding hydrogens is 512 g/mol. The van der Waals surface area contributed by atoms with Gasteiger partial charge in [0.1, 0.15) is 5.69 Å². The number of ether oxygens (including phenoxy) is 1. The lowest BCUT2D eigenvalue weighted by molar-refractivity contribution is -0.384. The summed E-state index contributed by atoms with van der Waals surface area (Å²) in [6, 6.07) is 22.4. The number of nitro groups is 1. The first kappa shape index (κ1) is 22.9. The van der Waals surface area contributed by atoms with Crippen LogP contribution in [0, 0.1) is 27.9 Å². The van der Waals surface area contributed by atoms with Crippen LogP contribution < -0.4 is 9.91 Å². The first-order valence-electron chi connectivity index (χ1n) is 12.9. The highest BCUT2D eigenvalue weighted by atomic mass is 16.6. The Bertz CT molecular complexity index is 1760. The zero-order valence-corrected chi connectivity index (χ0v) is 20.8. The van der Waals surface area contributed by atoms with Crippen LogP contribution in [0.15, 0.2) is 90.2 Å². The van der Waals surface area contributed by atoms with E-state index in [1.807, 2.05) is 59.6 Å². The van der Waals surface area contributed by atoms with Crippen molar-refractivity contribution in [1.29, 1.82) is 0 Å². The average molecular weight is 533 g/mol. The van der Waals surface area contributed by atoms with Crippen LogP contribution in [0.4, 0.5) is 17.1 Å². The van der Waals surface area contributed by atoms with Crippen molar-refractivity contribution in [2.24, 2.45) is 22.9 Å². The Morgan fingerprint density at radius 3 is 2.17 bits per heavy atom. The van der Waals surface area contributed by atoms with Gasteiger partial charge in [0, 0.05) is 12.1 Å². The molecule has 11 heteroatoms. The second-order valence-electron chi connectivity index (χ2n) is 10.3. The third kappa shape index (κ3) is 3.06. The molecule has 3 saturated heterocycles. The Balaban J connectivity index is 1.21. The molecule has 0 radical (unpaired) electrons. The van der Waals surface area contributed by atoms with Gasteiger partial charge in [0.05, 0.1) is 75.2 Å². The van der Waals surface area contributed by atoms with Gasteiger partial charge in [-0.15, -0.1) is 0 Å². The molecule has 0 N–H and O–H groups in total. The van der Waals surface area contributed by atoms with E-state index >= 15 is 0 Å². The van der Waals surface area contributed by atoms with Gasteiger partial charge >= 0.3 is 0 Å². The van der Waals surface area contributed by atoms with Crippen molar-refractivity contribution >= 4 is 45.6 Å². The Hall–Kier alpha value is -5.03. The van der Waals surface area contributed by atoms with E-state index in [-0.39, 0.29) is 29.5 Å². The van der Waals surface area contributed by atoms with Crippen LogP contribution in [0.25, 0.3) is 11.0 Å². The number of anilines is 2. The van der Waals surface area contributed by atoms with Gasteiger partial charge in [-0.25, -0.2) is 9.88 Å². The normalized spacial score (nSPS) is 28.2. The molecule has 40 heavy (non-hydrogen) atoms. The summed E-state index contributed by atoms with van der Waals surface area (Å²) in [6.07, 6.45) is 0.538. The topological polar surface area (TPSA) is 131 Å². The van der Waals surface area contributed by atoms with Gasteiger partial charge in [-0.3, -0.25) is 29.7 Å². The van der Waals surface area contributed by atoms with Crippen LogP contribution in [0.3, 0.4) is 0 Å². The van der Waals surface area contributed by atoms with Crippen LogP contribution in [0.1, 0.15) is 5.69 Å². The quantitative estimate of drug-likeness (QED) is 0.222. The minimum atomic E-state index is -0.691. The van der Waals surface area contributed by atoms with E-state index in [2.05, 4.69) is 4.98 Å².